The monoisotopic (exact) mass is 310 g/mol. The van der Waals surface area contributed by atoms with Gasteiger partial charge in [0.15, 0.2) is 11.5 Å². The maximum Gasteiger partial charge on any atom is 0.314 e. The third-order valence-corrected chi connectivity index (χ3v) is 4.87. The highest BCUT2D eigenvalue weighted by atomic mass is 35.5. The third kappa shape index (κ3) is 2.57. The average molecular weight is 311 g/mol. The molecular weight excluding hydrogens is 292 g/mol. The first-order valence-electron chi connectivity index (χ1n) is 7.31. The molecular formula is C16H19ClO4. The molecule has 2 aliphatic rings. The summed E-state index contributed by atoms with van der Waals surface area (Å²) in [5, 5.41) is 10.00. The lowest BCUT2D eigenvalue weighted by Crippen LogP contribution is -2.42. The second-order valence-corrected chi connectivity index (χ2v) is 6.39. The van der Waals surface area contributed by atoms with E-state index >= 15 is 0 Å². The minimum atomic E-state index is -0.862. The van der Waals surface area contributed by atoms with E-state index in [-0.39, 0.29) is 0 Å². The van der Waals surface area contributed by atoms with Gasteiger partial charge >= 0.3 is 5.97 Å². The van der Waals surface area contributed by atoms with Crippen LogP contribution in [-0.2, 0) is 10.2 Å². The van der Waals surface area contributed by atoms with E-state index in [1.165, 1.54) is 12.8 Å². The van der Waals surface area contributed by atoms with Gasteiger partial charge in [0.1, 0.15) is 0 Å². The highest BCUT2D eigenvalue weighted by Crippen LogP contribution is 2.49. The predicted molar refractivity (Wildman–Crippen MR) is 79.4 cm³/mol. The largest absolute Gasteiger partial charge is 0.493 e. The lowest BCUT2D eigenvalue weighted by Gasteiger charge is -2.38. The number of ether oxygens (including phenoxy) is 2. The number of hydrogen-bond donors (Lipinski definition) is 1. The third-order valence-electron chi connectivity index (χ3n) is 4.56. The summed E-state index contributed by atoms with van der Waals surface area (Å²) >= 11 is 6.33. The van der Waals surface area contributed by atoms with Crippen molar-refractivity contribution in [3.05, 3.63) is 22.7 Å². The van der Waals surface area contributed by atoms with Gasteiger partial charge in [0.25, 0.3) is 0 Å². The van der Waals surface area contributed by atoms with Crippen LogP contribution in [-0.4, -0.2) is 24.8 Å². The number of hydrogen-bond acceptors (Lipinski definition) is 3. The van der Waals surface area contributed by atoms with E-state index in [4.69, 9.17) is 21.1 Å². The number of rotatable bonds is 6. The molecule has 0 saturated heterocycles. The standard InChI is InChI=1S/C16H19ClO4/c1-20-13-7-11(16(15(18)19)5-2-6-16)12(17)8-14(13)21-9-10-3-4-10/h7-8,10H,2-6,9H2,1H3,(H,18,19). The Morgan fingerprint density at radius 2 is 2.10 bits per heavy atom. The normalized spacial score (nSPS) is 19.7. The summed E-state index contributed by atoms with van der Waals surface area (Å²) in [6, 6.07) is 3.43. The van der Waals surface area contributed by atoms with Crippen molar-refractivity contribution >= 4 is 17.6 Å². The molecule has 21 heavy (non-hydrogen) atoms. The summed E-state index contributed by atoms with van der Waals surface area (Å²) < 4.78 is 11.1. The van der Waals surface area contributed by atoms with Gasteiger partial charge in [-0.25, -0.2) is 0 Å². The molecule has 3 rings (SSSR count). The number of aliphatic carboxylic acids is 1. The van der Waals surface area contributed by atoms with Crippen molar-refractivity contribution in [1.29, 1.82) is 0 Å². The van der Waals surface area contributed by atoms with Gasteiger partial charge in [-0.1, -0.05) is 18.0 Å². The molecule has 5 heteroatoms. The molecule has 2 fully saturated rings. The summed E-state index contributed by atoms with van der Waals surface area (Å²) in [4.78, 5) is 11.6. The lowest BCUT2D eigenvalue weighted by molar-refractivity contribution is -0.147. The summed E-state index contributed by atoms with van der Waals surface area (Å²) in [6.45, 7) is 0.663. The first-order chi connectivity index (χ1) is 10.1. The Morgan fingerprint density at radius 3 is 2.57 bits per heavy atom. The fourth-order valence-corrected chi connectivity index (χ4v) is 3.13. The van der Waals surface area contributed by atoms with E-state index in [0.717, 1.165) is 6.42 Å². The number of carboxylic acid groups (broad SMARTS) is 1. The van der Waals surface area contributed by atoms with Crippen LogP contribution in [0.5, 0.6) is 11.5 Å². The first kappa shape index (κ1) is 14.5. The minimum Gasteiger partial charge on any atom is -0.493 e. The van der Waals surface area contributed by atoms with Crippen LogP contribution in [0.1, 0.15) is 37.7 Å². The molecule has 0 aliphatic heterocycles. The van der Waals surface area contributed by atoms with Crippen LogP contribution in [0.3, 0.4) is 0 Å². The van der Waals surface area contributed by atoms with Crippen LogP contribution in [0.4, 0.5) is 0 Å². The van der Waals surface area contributed by atoms with Crippen molar-refractivity contribution in [2.24, 2.45) is 5.92 Å². The first-order valence-corrected chi connectivity index (χ1v) is 7.69. The van der Waals surface area contributed by atoms with Gasteiger partial charge in [-0.3, -0.25) is 4.79 Å². The van der Waals surface area contributed by atoms with E-state index < -0.39 is 11.4 Å². The van der Waals surface area contributed by atoms with Crippen molar-refractivity contribution in [1.82, 2.24) is 0 Å². The fourth-order valence-electron chi connectivity index (χ4n) is 2.80. The number of carbonyl (C=O) groups is 1. The molecule has 0 bridgehead atoms. The van der Waals surface area contributed by atoms with Gasteiger partial charge in [-0.2, -0.15) is 0 Å². The number of carboxylic acids is 1. The van der Waals surface area contributed by atoms with Gasteiger partial charge in [-0.05, 0) is 43.2 Å². The van der Waals surface area contributed by atoms with Crippen LogP contribution in [0.2, 0.25) is 5.02 Å². The molecule has 1 aromatic rings. The molecule has 0 heterocycles. The van der Waals surface area contributed by atoms with E-state index in [0.29, 0.717) is 47.5 Å². The Bertz CT molecular complexity index is 562. The van der Waals surface area contributed by atoms with Crippen molar-refractivity contribution in [3.63, 3.8) is 0 Å². The zero-order chi connectivity index (χ0) is 15.0. The van der Waals surface area contributed by atoms with Crippen LogP contribution >= 0.6 is 11.6 Å². The SMILES string of the molecule is COc1cc(C2(C(=O)O)CCC2)c(Cl)cc1OCC1CC1. The Hall–Kier alpha value is -1.42. The van der Waals surface area contributed by atoms with Gasteiger partial charge in [0.2, 0.25) is 0 Å². The minimum absolute atomic E-state index is 0.448. The highest BCUT2D eigenvalue weighted by Gasteiger charge is 2.47. The summed E-state index contributed by atoms with van der Waals surface area (Å²) in [5.41, 5.74) is -0.224. The molecule has 2 aliphatic carbocycles. The van der Waals surface area contributed by atoms with Crippen molar-refractivity contribution < 1.29 is 19.4 Å². The number of benzene rings is 1. The Kier molecular flexibility index (Phi) is 3.74. The molecule has 0 atom stereocenters. The van der Waals surface area contributed by atoms with E-state index in [2.05, 4.69) is 0 Å². The van der Waals surface area contributed by atoms with Gasteiger partial charge in [0.05, 0.1) is 19.1 Å². The Labute approximate surface area is 129 Å². The van der Waals surface area contributed by atoms with Crippen molar-refractivity contribution in [2.45, 2.75) is 37.5 Å². The fraction of sp³-hybridized carbons (Fsp3) is 0.562. The lowest BCUT2D eigenvalue weighted by atomic mass is 9.64. The Morgan fingerprint density at radius 1 is 1.38 bits per heavy atom. The zero-order valence-corrected chi connectivity index (χ0v) is 12.8. The molecule has 1 N–H and O–H groups in total. The topological polar surface area (TPSA) is 55.8 Å². The number of methoxy groups -OCH3 is 1. The second-order valence-electron chi connectivity index (χ2n) is 5.98. The van der Waals surface area contributed by atoms with Crippen LogP contribution in [0.15, 0.2) is 12.1 Å². The van der Waals surface area contributed by atoms with E-state index in [1.807, 2.05) is 0 Å². The maximum absolute atomic E-state index is 11.6. The van der Waals surface area contributed by atoms with Crippen molar-refractivity contribution in [3.8, 4) is 11.5 Å². The van der Waals surface area contributed by atoms with E-state index in [9.17, 15) is 9.90 Å². The van der Waals surface area contributed by atoms with Crippen LogP contribution in [0.25, 0.3) is 0 Å². The van der Waals surface area contributed by atoms with Gasteiger partial charge < -0.3 is 14.6 Å². The molecule has 1 aromatic carbocycles. The highest BCUT2D eigenvalue weighted by molar-refractivity contribution is 6.32. The molecule has 0 spiro atoms. The van der Waals surface area contributed by atoms with Crippen LogP contribution < -0.4 is 9.47 Å². The molecule has 114 valence electrons. The molecule has 0 radical (unpaired) electrons. The summed E-state index contributed by atoms with van der Waals surface area (Å²) in [6.07, 6.45) is 4.55. The van der Waals surface area contributed by atoms with Crippen molar-refractivity contribution in [2.75, 3.05) is 13.7 Å². The van der Waals surface area contributed by atoms with E-state index in [1.54, 1.807) is 19.2 Å². The molecule has 0 aromatic heterocycles. The molecule has 0 unspecified atom stereocenters. The number of halogens is 1. The quantitative estimate of drug-likeness (QED) is 0.871. The Balaban J connectivity index is 1.92. The predicted octanol–water partition coefficient (Wildman–Crippen LogP) is 3.64. The molecule has 0 amide bonds. The smallest absolute Gasteiger partial charge is 0.314 e. The molecule has 2 saturated carbocycles. The second kappa shape index (κ2) is 5.41. The summed E-state index contributed by atoms with van der Waals surface area (Å²) in [5.74, 6) is 0.968. The zero-order valence-electron chi connectivity index (χ0n) is 12.0. The van der Waals surface area contributed by atoms with Gasteiger partial charge in [-0.15, -0.1) is 0 Å². The van der Waals surface area contributed by atoms with Gasteiger partial charge in [0, 0.05) is 11.1 Å². The molecule has 4 nitrogen and oxygen atoms in total. The summed E-state index contributed by atoms with van der Waals surface area (Å²) in [7, 11) is 1.56. The average Bonchev–Trinajstić information content (AvgIpc) is 3.20. The van der Waals surface area contributed by atoms with Crippen LogP contribution in [0, 0.1) is 5.92 Å². The maximum atomic E-state index is 11.6.